The molecule has 2 heterocycles. The van der Waals surface area contributed by atoms with Crippen LogP contribution < -0.4 is 34.9 Å². The van der Waals surface area contributed by atoms with Crippen LogP contribution in [0.5, 0.6) is 46.0 Å². The maximum absolute atomic E-state index is 17.9. The van der Waals surface area contributed by atoms with E-state index >= 15 is 28.8 Å². The molecule has 0 aromatic heterocycles. The van der Waals surface area contributed by atoms with Gasteiger partial charge in [-0.25, -0.2) is 0 Å². The van der Waals surface area contributed by atoms with Crippen LogP contribution in [-0.4, -0.2) is 121 Å². The summed E-state index contributed by atoms with van der Waals surface area (Å²) >= 11 is 0. The number of allylic oxidation sites excluding steroid dienone is 1. The summed E-state index contributed by atoms with van der Waals surface area (Å²) in [7, 11) is 0. The molecule has 736 valence electrons. The van der Waals surface area contributed by atoms with Gasteiger partial charge in [-0.05, 0) is 291 Å². The Balaban J connectivity index is 0.986. The number of imide groups is 2. The van der Waals surface area contributed by atoms with E-state index in [1.807, 2.05) is 98.2 Å². The minimum absolute atomic E-state index is 0.0340. The number of carbonyl (C=O) groups excluding carboxylic acids is 10. The van der Waals surface area contributed by atoms with E-state index in [0.717, 1.165) is 49.6 Å². The van der Waals surface area contributed by atoms with Crippen LogP contribution in [0.4, 0.5) is 0 Å². The Morgan fingerprint density at radius 3 is 0.845 bits per heavy atom. The maximum atomic E-state index is 17.9. The Labute approximate surface area is 833 Å². The third-order valence-electron chi connectivity index (χ3n) is 30.4. The van der Waals surface area contributed by atoms with Crippen LogP contribution >= 0.6 is 0 Å². The van der Waals surface area contributed by atoms with Gasteiger partial charge in [0.05, 0.1) is 22.3 Å². The van der Waals surface area contributed by atoms with Gasteiger partial charge in [-0.3, -0.25) is 57.7 Å². The summed E-state index contributed by atoms with van der Waals surface area (Å²) in [4.78, 5) is 168. The normalized spacial score (nSPS) is 19.6. The van der Waals surface area contributed by atoms with E-state index in [0.29, 0.717) is 164 Å². The number of Topliss-reactive ketones (excluding diaryl/α,β-unsaturated/α-hetero) is 1. The fourth-order valence-electron chi connectivity index (χ4n) is 22.8. The number of rotatable bonds is 31. The number of ether oxygens (including phenoxy) is 4. The molecule has 4 saturated carbocycles. The van der Waals surface area contributed by atoms with Crippen LogP contribution in [0, 0.1) is 33.6 Å². The van der Waals surface area contributed by atoms with Gasteiger partial charge in [0.2, 0.25) is 17.7 Å². The molecule has 0 spiro atoms. The van der Waals surface area contributed by atoms with E-state index in [4.69, 9.17) is 18.9 Å². The Kier molecular flexibility index (Phi) is 28.8. The van der Waals surface area contributed by atoms with Gasteiger partial charge in [0.1, 0.15) is 58.1 Å². The Bertz CT molecular complexity index is 6230. The zero-order valence-electron chi connectivity index (χ0n) is 84.9. The highest BCUT2D eigenvalue weighted by molar-refractivity contribution is 6.45. The fourth-order valence-corrected chi connectivity index (χ4v) is 22.8. The van der Waals surface area contributed by atoms with E-state index in [2.05, 4.69) is 122 Å². The lowest BCUT2D eigenvalue weighted by molar-refractivity contribution is -0.144. The Hall–Kier alpha value is -13.8. The number of hydrogen-bond donors (Lipinski definition) is 3. The fraction of sp³-hybridized carbons (Fsp3) is 0.388. The summed E-state index contributed by atoms with van der Waals surface area (Å²) in [6.45, 7) is 47.2. The quantitative estimate of drug-likeness (QED) is 0.0158. The number of hydrogen-bond acceptors (Lipinski definition) is 14. The molecule has 10 unspecified atom stereocenters. The van der Waals surface area contributed by atoms with Gasteiger partial charge >= 0.3 is 0 Å². The molecule has 11 aromatic carbocycles. The van der Waals surface area contributed by atoms with Crippen molar-refractivity contribution in [2.24, 2.45) is 5.92 Å². The summed E-state index contributed by atoms with van der Waals surface area (Å²) < 4.78 is 31.1. The summed E-state index contributed by atoms with van der Waals surface area (Å²) in [5.74, 6) is -3.58. The molecule has 0 saturated heterocycles. The molecule has 4 fully saturated rings. The van der Waals surface area contributed by atoms with Crippen LogP contribution in [-0.2, 0) is 28.8 Å². The second kappa shape index (κ2) is 41.0. The molecule has 3 N–H and O–H groups in total. The number of nitrogens with one attached hydrogen (secondary N) is 3. The Morgan fingerprint density at radius 2 is 0.592 bits per heavy atom. The first-order valence-corrected chi connectivity index (χ1v) is 50.9. The molecule has 21 heteroatoms. The second-order valence-corrected chi connectivity index (χ2v) is 42.3. The molecule has 10 atom stereocenters. The van der Waals surface area contributed by atoms with Crippen molar-refractivity contribution in [2.45, 2.75) is 298 Å². The van der Waals surface area contributed by atoms with Gasteiger partial charge < -0.3 is 44.7 Å². The van der Waals surface area contributed by atoms with E-state index in [1.54, 1.807) is 100 Å². The van der Waals surface area contributed by atoms with Crippen LogP contribution in [0.15, 0.2) is 206 Å². The number of fused-ring (bicyclic) bond motifs is 2. The average Bonchev–Trinajstić information content (AvgIpc) is 0.667. The van der Waals surface area contributed by atoms with Crippen LogP contribution in [0.1, 0.15) is 325 Å². The monoisotopic (exact) mass is 1910 g/mol. The zero-order chi connectivity index (χ0) is 101. The number of benzene rings is 11. The van der Waals surface area contributed by atoms with Crippen LogP contribution in [0.25, 0.3) is 43.1 Å². The van der Waals surface area contributed by atoms with Crippen molar-refractivity contribution in [1.82, 2.24) is 35.6 Å². The molecule has 17 rings (SSSR count). The number of amides is 9. The number of ketones is 1. The standard InChI is InChI=1S/C121H133N7O14/c1-64(2)79-43-47-95(72(17)51-79)139-99-60-90-103-91(117(134)127(116(90)133)111(77-32-23-21-24-33-77)120(137)125(86-39-27-31-76(55-86)56-94(129)68(9)10)87-40-28-36-83(57-87)122-113(130)69(11)12)61-100(140-96-48-44-80(65(3)4)52-73(96)18)106-108-102(142-98-50-46-82(67(7)8)54-75(98)20)63-93-104-92(62-101(107(110(104)108)105(99)109(103)106)141-97-49-45-81(66(5)6)53-74(97)19)118(135)128(119(93)136)112(78-34-25-22-26-35-78)121(138)126(88-41-29-37-84(58-88)123-114(131)70(13)14)89-42-30-38-85(59-89)124-115(132)71(15)16/h21-26,32-35,43-54,60-67,76,83-89,111-112H,9,11,13,15,27-31,36-42,55-59H2,1-8,10,12,14,16-20H3,(H,122,130)(H,123,131)(H,124,132). The molecule has 21 nitrogen and oxygen atoms in total. The minimum atomic E-state index is -1.68. The van der Waals surface area contributed by atoms with Gasteiger partial charge in [0.15, 0.2) is 5.78 Å². The lowest BCUT2D eigenvalue weighted by atomic mass is 9.79. The lowest BCUT2D eigenvalue weighted by Crippen LogP contribution is -2.58. The molecule has 142 heavy (non-hydrogen) atoms. The first kappa shape index (κ1) is 99.7. The average molecular weight is 1910 g/mol. The predicted molar refractivity (Wildman–Crippen MR) is 559 cm³/mol. The van der Waals surface area contributed by atoms with Crippen LogP contribution in [0.2, 0.25) is 0 Å². The molecule has 0 bridgehead atoms. The van der Waals surface area contributed by atoms with Crippen molar-refractivity contribution in [3.05, 3.63) is 284 Å². The summed E-state index contributed by atoms with van der Waals surface area (Å²) in [6.07, 6.45) is 8.87. The highest BCUT2D eigenvalue weighted by Crippen LogP contribution is 2.60. The molecule has 6 aliphatic rings. The summed E-state index contributed by atoms with van der Waals surface area (Å²) in [5.41, 5.74) is 8.87. The molecule has 0 radical (unpaired) electrons. The van der Waals surface area contributed by atoms with Crippen molar-refractivity contribution >= 4 is 102 Å². The number of aryl methyl sites for hydroxylation is 4. The van der Waals surface area contributed by atoms with Crippen molar-refractivity contribution < 1.29 is 66.9 Å². The van der Waals surface area contributed by atoms with E-state index in [1.165, 1.54) is 0 Å². The SMILES string of the molecule is C=C(C)C(=O)CC1CCCC(N(C(=O)C(c2ccccc2)N2C(=O)c3cc(Oc4ccc(C(C)C)cc4C)c4c5c(Oc6ccc(C(C)C)cc6C)cc6c7c(cc(Oc8ccc(C(C)C)cc8C)c(c8c(Oc9ccc(C(C)C)cc9C)cc(c3c48)C2=O)c75)C(=O)N(C(C(=O)N(C2CCCC(NC(=O)C(=C)C)C2)C2CCCC(NC(=O)C(=C)C)C2)c2ccccc2)C6=O)C2CCCC(NC(=O)C(=C)C)C2)C1. The second-order valence-electron chi connectivity index (χ2n) is 42.3. The maximum Gasteiger partial charge on any atom is 0.262 e. The van der Waals surface area contributed by atoms with Crippen molar-refractivity contribution in [2.75, 3.05) is 0 Å². The van der Waals surface area contributed by atoms with Gasteiger partial charge in [-0.15, -0.1) is 0 Å². The van der Waals surface area contributed by atoms with Crippen molar-refractivity contribution in [3.63, 3.8) is 0 Å². The summed E-state index contributed by atoms with van der Waals surface area (Å²) in [5, 5.41) is 11.4. The highest BCUT2D eigenvalue weighted by Gasteiger charge is 2.52. The predicted octanol–water partition coefficient (Wildman–Crippen LogP) is 26.1. The number of nitrogens with zero attached hydrogens (tertiary/aromatic N) is 4. The third kappa shape index (κ3) is 19.5. The lowest BCUT2D eigenvalue weighted by Gasteiger charge is -2.47. The van der Waals surface area contributed by atoms with E-state index in [9.17, 15) is 19.2 Å². The first-order chi connectivity index (χ1) is 67.8. The third-order valence-corrected chi connectivity index (χ3v) is 30.4. The summed E-state index contributed by atoms with van der Waals surface area (Å²) in [6, 6.07) is 41.5. The minimum Gasteiger partial charge on any atom is -0.456 e. The largest absolute Gasteiger partial charge is 0.456 e. The molecular formula is C121H133N7O14. The van der Waals surface area contributed by atoms with Gasteiger partial charge in [-0.2, -0.15) is 0 Å². The first-order valence-electron chi connectivity index (χ1n) is 50.9. The van der Waals surface area contributed by atoms with E-state index < -0.39 is 71.7 Å². The Morgan fingerprint density at radius 1 is 0.324 bits per heavy atom. The molecular weight excluding hydrogens is 1780 g/mol. The molecule has 11 aromatic rings. The van der Waals surface area contributed by atoms with Gasteiger partial charge in [0, 0.05) is 109 Å². The van der Waals surface area contributed by atoms with Gasteiger partial charge in [0.25, 0.3) is 35.4 Å². The van der Waals surface area contributed by atoms with Gasteiger partial charge in [-0.1, -0.05) is 197 Å². The molecule has 4 aliphatic carbocycles. The number of carbonyl (C=O) groups is 10. The molecule has 9 amide bonds. The van der Waals surface area contributed by atoms with Crippen molar-refractivity contribution in [1.29, 1.82) is 0 Å². The van der Waals surface area contributed by atoms with Crippen molar-refractivity contribution in [3.8, 4) is 46.0 Å². The van der Waals surface area contributed by atoms with E-state index in [-0.39, 0.29) is 166 Å². The van der Waals surface area contributed by atoms with Crippen LogP contribution in [0.3, 0.4) is 0 Å². The topological polar surface area (TPSA) is 257 Å². The smallest absolute Gasteiger partial charge is 0.262 e. The molecule has 2 aliphatic heterocycles. The highest BCUT2D eigenvalue weighted by atomic mass is 16.5. The zero-order valence-corrected chi connectivity index (χ0v) is 84.9.